The van der Waals surface area contributed by atoms with Gasteiger partial charge in [-0.25, -0.2) is 8.42 Å². The highest BCUT2D eigenvalue weighted by Crippen LogP contribution is 2.43. The third-order valence-electron chi connectivity index (χ3n) is 11.0. The lowest BCUT2D eigenvalue weighted by Crippen LogP contribution is -2.38. The molecule has 0 heterocycles. The monoisotopic (exact) mass is 853 g/mol. The predicted octanol–water partition coefficient (Wildman–Crippen LogP) is 10.5. The average Bonchev–Trinajstić information content (AvgIpc) is 3.48. The molecular weight excluding hydrogens is 783 g/mol. The van der Waals surface area contributed by atoms with Crippen LogP contribution >= 0.6 is 0 Å². The maximum absolute atomic E-state index is 14.1. The molecule has 0 saturated heterocycles. The quantitative estimate of drug-likeness (QED) is 0.0549. The first-order valence-electron chi connectivity index (χ1n) is 21.1. The Bertz CT molecular complexity index is 1920. The van der Waals surface area contributed by atoms with Crippen LogP contribution in [0.4, 0.5) is 0 Å². The Hall–Kier alpha value is -3.01. The highest BCUT2D eigenvalue weighted by Gasteiger charge is 2.31. The van der Waals surface area contributed by atoms with Crippen molar-refractivity contribution < 1.29 is 37.6 Å². The number of aryl methyl sites for hydroxylation is 3. The molecule has 0 spiro atoms. The van der Waals surface area contributed by atoms with Crippen LogP contribution in [-0.4, -0.2) is 82.9 Å². The van der Waals surface area contributed by atoms with Crippen molar-refractivity contribution in [2.45, 2.75) is 142 Å². The van der Waals surface area contributed by atoms with Gasteiger partial charge in [0.2, 0.25) is 10.0 Å². The molecule has 58 heavy (non-hydrogen) atoms. The van der Waals surface area contributed by atoms with Gasteiger partial charge in [-0.05, 0) is 129 Å². The molecule has 322 valence electrons. The molecule has 0 saturated carbocycles. The summed E-state index contributed by atoms with van der Waals surface area (Å²) >= 11 is 0. The first-order chi connectivity index (χ1) is 26.9. The van der Waals surface area contributed by atoms with E-state index in [0.29, 0.717) is 37.5 Å². The van der Waals surface area contributed by atoms with Crippen LogP contribution in [0.1, 0.15) is 91.4 Å². The predicted molar refractivity (Wildman–Crippen MR) is 242 cm³/mol. The van der Waals surface area contributed by atoms with Crippen LogP contribution in [0.15, 0.2) is 48.5 Å². The molecule has 1 unspecified atom stereocenters. The van der Waals surface area contributed by atoms with E-state index in [4.69, 9.17) is 14.2 Å². The van der Waals surface area contributed by atoms with E-state index < -0.39 is 43.7 Å². The number of unbranched alkanes of at least 4 members (excludes halogenated alkanes) is 1. The SMILES string of the molecule is Cc1cc(O[C@@H]2CCc3c(-c4c(C)cc(OCCC(C)(C)O)cc4C)cccc32)ccc1C(CC(=O)O)CS(=O)(=O)N(CCCC[Si](C)(C)C)COCC[Si](C)(C)C. The highest BCUT2D eigenvalue weighted by atomic mass is 32.2. The van der Waals surface area contributed by atoms with Gasteiger partial charge >= 0.3 is 5.97 Å². The van der Waals surface area contributed by atoms with Crippen molar-refractivity contribution in [3.63, 3.8) is 0 Å². The summed E-state index contributed by atoms with van der Waals surface area (Å²) in [5, 5.41) is 20.0. The zero-order chi connectivity index (χ0) is 43.1. The molecule has 1 aliphatic rings. The third kappa shape index (κ3) is 14.6. The molecule has 2 atom stereocenters. The molecule has 0 bridgehead atoms. The smallest absolute Gasteiger partial charge is 0.303 e. The Kier molecular flexibility index (Phi) is 16.5. The molecule has 2 N–H and O–H groups in total. The Balaban J connectivity index is 1.52. The number of rotatable bonds is 23. The number of fused-ring (bicyclic) bond motifs is 1. The highest BCUT2D eigenvalue weighted by molar-refractivity contribution is 7.89. The number of ether oxygens (including phenoxy) is 3. The van der Waals surface area contributed by atoms with E-state index >= 15 is 0 Å². The van der Waals surface area contributed by atoms with Crippen molar-refractivity contribution in [2.75, 3.05) is 32.2 Å². The van der Waals surface area contributed by atoms with Gasteiger partial charge in [0.05, 0.1) is 24.4 Å². The lowest BCUT2D eigenvalue weighted by molar-refractivity contribution is -0.137. The van der Waals surface area contributed by atoms with Crippen LogP contribution < -0.4 is 9.47 Å². The lowest BCUT2D eigenvalue weighted by atomic mass is 9.90. The minimum Gasteiger partial charge on any atom is -0.493 e. The minimum atomic E-state index is -3.85. The number of hydrogen-bond donors (Lipinski definition) is 2. The Morgan fingerprint density at radius 2 is 1.55 bits per heavy atom. The maximum atomic E-state index is 14.1. The normalized spacial score (nSPS) is 15.4. The van der Waals surface area contributed by atoms with E-state index in [2.05, 4.69) is 83.5 Å². The van der Waals surface area contributed by atoms with Crippen LogP contribution in [0.3, 0.4) is 0 Å². The number of aliphatic carboxylic acids is 1. The van der Waals surface area contributed by atoms with Crippen LogP contribution in [0, 0.1) is 20.8 Å². The molecule has 0 amide bonds. The minimum absolute atomic E-state index is 0.0151. The van der Waals surface area contributed by atoms with Gasteiger partial charge in [0.25, 0.3) is 0 Å². The molecule has 0 aliphatic heterocycles. The van der Waals surface area contributed by atoms with Gasteiger partial charge in [-0.3, -0.25) is 4.79 Å². The van der Waals surface area contributed by atoms with Gasteiger partial charge in [0, 0.05) is 41.6 Å². The number of hydrogen-bond acceptors (Lipinski definition) is 7. The zero-order valence-corrected chi connectivity index (χ0v) is 40.0. The maximum Gasteiger partial charge on any atom is 0.303 e. The summed E-state index contributed by atoms with van der Waals surface area (Å²) < 4.78 is 48.3. The summed E-state index contributed by atoms with van der Waals surface area (Å²) in [6.45, 7) is 24.7. The molecule has 0 fully saturated rings. The molecule has 9 nitrogen and oxygen atoms in total. The van der Waals surface area contributed by atoms with E-state index in [-0.39, 0.29) is 25.0 Å². The summed E-state index contributed by atoms with van der Waals surface area (Å²) in [7, 11) is -6.48. The third-order valence-corrected chi connectivity index (χ3v) is 16.4. The van der Waals surface area contributed by atoms with E-state index in [1.807, 2.05) is 25.1 Å². The Morgan fingerprint density at radius 1 is 0.897 bits per heavy atom. The van der Waals surface area contributed by atoms with Gasteiger partial charge in [-0.2, -0.15) is 4.31 Å². The van der Waals surface area contributed by atoms with Crippen molar-refractivity contribution in [2.24, 2.45) is 0 Å². The van der Waals surface area contributed by atoms with Gasteiger partial charge in [-0.15, -0.1) is 0 Å². The van der Waals surface area contributed by atoms with E-state index in [0.717, 1.165) is 65.8 Å². The lowest BCUT2D eigenvalue weighted by Gasteiger charge is -2.27. The number of aliphatic hydroxyl groups is 1. The number of benzene rings is 3. The summed E-state index contributed by atoms with van der Waals surface area (Å²) in [4.78, 5) is 12.2. The number of carbonyl (C=O) groups is 1. The number of carboxylic acids is 1. The summed E-state index contributed by atoms with van der Waals surface area (Å²) in [6, 6.07) is 18.2. The summed E-state index contributed by atoms with van der Waals surface area (Å²) in [6.07, 6.45) is 3.47. The van der Waals surface area contributed by atoms with Gasteiger partial charge < -0.3 is 24.4 Å². The van der Waals surface area contributed by atoms with E-state index in [9.17, 15) is 23.4 Å². The average molecular weight is 854 g/mol. The summed E-state index contributed by atoms with van der Waals surface area (Å²) in [5.41, 5.74) is 7.77. The second-order valence-corrected chi connectivity index (χ2v) is 32.8. The van der Waals surface area contributed by atoms with E-state index in [1.54, 1.807) is 13.8 Å². The Labute approximate surface area is 351 Å². The molecule has 0 radical (unpaired) electrons. The van der Waals surface area contributed by atoms with Crippen molar-refractivity contribution in [1.82, 2.24) is 4.31 Å². The Morgan fingerprint density at radius 3 is 2.16 bits per heavy atom. The van der Waals surface area contributed by atoms with Crippen LogP contribution in [0.25, 0.3) is 11.1 Å². The van der Waals surface area contributed by atoms with Gasteiger partial charge in [-0.1, -0.05) is 76.0 Å². The topological polar surface area (TPSA) is 123 Å². The fourth-order valence-corrected chi connectivity index (χ4v) is 11.5. The molecule has 1 aliphatic carbocycles. The van der Waals surface area contributed by atoms with E-state index in [1.165, 1.54) is 21.0 Å². The molecule has 0 aromatic heterocycles. The fraction of sp³-hybridized carbons (Fsp3) is 0.587. The second-order valence-electron chi connectivity index (χ2n) is 19.5. The number of sulfonamides is 1. The zero-order valence-electron chi connectivity index (χ0n) is 37.2. The molecule has 12 heteroatoms. The van der Waals surface area contributed by atoms with Crippen LogP contribution in [-0.2, 0) is 26.0 Å². The fourth-order valence-electron chi connectivity index (χ4n) is 7.77. The largest absolute Gasteiger partial charge is 0.493 e. The number of nitrogens with zero attached hydrogens (tertiary/aromatic N) is 1. The second kappa shape index (κ2) is 20.0. The standard InChI is InChI=1S/C46H71NO8SSi2/c1-33-27-37(55-43-20-19-40-41(43)15-14-16-42(40)45-34(2)28-38(29-35(45)3)54-23-21-46(4,5)50)17-18-39(33)36(30-44(48)49)31-56(51,52)47(22-12-13-25-57(6,7)8)32-53-24-26-58(9,10)11/h14-18,27-29,36,43,50H,12-13,19-26,30-32H2,1-11H3,(H,48,49)/t36?,43-/m1/s1. The van der Waals surface area contributed by atoms with Crippen LogP contribution in [0.2, 0.25) is 51.4 Å². The summed E-state index contributed by atoms with van der Waals surface area (Å²) in [5.74, 6) is -0.614. The van der Waals surface area contributed by atoms with Gasteiger partial charge in [0.1, 0.15) is 24.3 Å². The van der Waals surface area contributed by atoms with Crippen molar-refractivity contribution >= 4 is 32.1 Å². The van der Waals surface area contributed by atoms with Gasteiger partial charge in [0.15, 0.2) is 0 Å². The molecule has 4 rings (SSSR count). The van der Waals surface area contributed by atoms with Crippen molar-refractivity contribution in [1.29, 1.82) is 0 Å². The molecule has 3 aromatic rings. The van der Waals surface area contributed by atoms with Crippen molar-refractivity contribution in [3.8, 4) is 22.6 Å². The first-order valence-corrected chi connectivity index (χ1v) is 30.1. The van der Waals surface area contributed by atoms with Crippen molar-refractivity contribution in [3.05, 3.63) is 81.9 Å². The van der Waals surface area contributed by atoms with Crippen LogP contribution in [0.5, 0.6) is 11.5 Å². The number of carboxylic acid groups (broad SMARTS) is 1. The molecule has 3 aromatic carbocycles. The first kappa shape index (κ1) is 47.7. The molecular formula is C46H71NO8SSi2.